The Labute approximate surface area is 119 Å². The molecule has 3 heteroatoms. The molecule has 0 radical (unpaired) electrons. The lowest BCUT2D eigenvalue weighted by atomic mass is 9.99. The molecule has 1 N–H and O–H groups in total. The lowest BCUT2D eigenvalue weighted by Gasteiger charge is -2.18. The molecule has 3 aromatic rings. The van der Waals surface area contributed by atoms with Crippen LogP contribution < -0.4 is 5.32 Å². The van der Waals surface area contributed by atoms with Crippen LogP contribution in [-0.4, -0.2) is 16.2 Å². The van der Waals surface area contributed by atoms with Gasteiger partial charge in [-0.05, 0) is 31.2 Å². The van der Waals surface area contributed by atoms with Crippen LogP contribution in [0.25, 0.3) is 5.52 Å². The smallest absolute Gasteiger partial charge is 0.0712 e. The van der Waals surface area contributed by atoms with E-state index in [4.69, 9.17) is 0 Å². The van der Waals surface area contributed by atoms with Gasteiger partial charge >= 0.3 is 0 Å². The summed E-state index contributed by atoms with van der Waals surface area (Å²) < 4.78 is 1.92. The highest BCUT2D eigenvalue weighted by atomic mass is 15.2. The summed E-state index contributed by atoms with van der Waals surface area (Å²) in [4.78, 5) is 0. The minimum Gasteiger partial charge on any atom is -0.306 e. The van der Waals surface area contributed by atoms with Crippen molar-refractivity contribution in [2.24, 2.45) is 0 Å². The number of aryl methyl sites for hydroxylation is 1. The van der Waals surface area contributed by atoms with E-state index in [2.05, 4.69) is 60.7 Å². The maximum absolute atomic E-state index is 4.44. The summed E-state index contributed by atoms with van der Waals surface area (Å²) in [6.07, 6.45) is 3.94. The molecular formula is C17H19N3. The number of rotatable bonds is 4. The lowest BCUT2D eigenvalue weighted by Crippen LogP contribution is -2.21. The quantitative estimate of drug-likeness (QED) is 0.784. The second-order valence-corrected chi connectivity index (χ2v) is 5.03. The number of hydrogen-bond donors (Lipinski definition) is 1. The zero-order valence-electron chi connectivity index (χ0n) is 11.9. The zero-order chi connectivity index (χ0) is 13.9. The molecular weight excluding hydrogens is 246 g/mol. The minimum absolute atomic E-state index is 0.181. The van der Waals surface area contributed by atoms with E-state index in [1.165, 1.54) is 16.7 Å². The van der Waals surface area contributed by atoms with Gasteiger partial charge in [0.05, 0.1) is 17.8 Å². The first-order valence-electron chi connectivity index (χ1n) is 7.02. The van der Waals surface area contributed by atoms with Crippen LogP contribution in [-0.2, 0) is 0 Å². The van der Waals surface area contributed by atoms with Crippen LogP contribution in [0.3, 0.4) is 0 Å². The van der Waals surface area contributed by atoms with E-state index in [-0.39, 0.29) is 6.04 Å². The predicted octanol–water partition coefficient (Wildman–Crippen LogP) is 3.34. The molecule has 2 aromatic heterocycles. The molecule has 20 heavy (non-hydrogen) atoms. The summed E-state index contributed by atoms with van der Waals surface area (Å²) in [5, 5.41) is 8.00. The normalized spacial score (nSPS) is 12.7. The second kappa shape index (κ2) is 5.47. The predicted molar refractivity (Wildman–Crippen MR) is 81.9 cm³/mol. The number of fused-ring (bicyclic) bond motifs is 1. The van der Waals surface area contributed by atoms with Crippen molar-refractivity contribution < 1.29 is 0 Å². The maximum Gasteiger partial charge on any atom is 0.0712 e. The van der Waals surface area contributed by atoms with Gasteiger partial charge in [0.25, 0.3) is 0 Å². The molecule has 0 aliphatic rings. The second-order valence-electron chi connectivity index (χ2n) is 5.03. The fourth-order valence-corrected chi connectivity index (χ4v) is 2.55. The van der Waals surface area contributed by atoms with Gasteiger partial charge in [-0.3, -0.25) is 0 Å². The van der Waals surface area contributed by atoms with Gasteiger partial charge in [0.2, 0.25) is 0 Å². The van der Waals surface area contributed by atoms with Crippen molar-refractivity contribution in [3.8, 4) is 0 Å². The molecule has 3 nitrogen and oxygen atoms in total. The summed E-state index contributed by atoms with van der Waals surface area (Å²) in [7, 11) is 0. The highest BCUT2D eigenvalue weighted by molar-refractivity contribution is 5.57. The number of pyridine rings is 1. The summed E-state index contributed by atoms with van der Waals surface area (Å²) >= 11 is 0. The third kappa shape index (κ3) is 2.32. The molecule has 0 bridgehead atoms. The van der Waals surface area contributed by atoms with Gasteiger partial charge in [0.1, 0.15) is 0 Å². The van der Waals surface area contributed by atoms with E-state index in [1.54, 1.807) is 0 Å². The zero-order valence-corrected chi connectivity index (χ0v) is 11.9. The van der Waals surface area contributed by atoms with E-state index in [1.807, 2.05) is 23.0 Å². The molecule has 102 valence electrons. The van der Waals surface area contributed by atoms with Gasteiger partial charge in [-0.25, -0.2) is 4.52 Å². The number of benzene rings is 1. The van der Waals surface area contributed by atoms with Crippen LogP contribution in [0.5, 0.6) is 0 Å². The van der Waals surface area contributed by atoms with Gasteiger partial charge in [-0.1, -0.05) is 42.8 Å². The molecule has 0 spiro atoms. The Morgan fingerprint density at radius 2 is 1.95 bits per heavy atom. The standard InChI is InChI=1S/C17H19N3/c1-3-18-17(14-9-7-13(2)8-10-14)15-12-19-20-11-5-4-6-16(15)20/h4-12,17-18H,3H2,1-2H3. The number of nitrogens with zero attached hydrogens (tertiary/aromatic N) is 2. The Kier molecular flexibility index (Phi) is 3.52. The third-order valence-corrected chi connectivity index (χ3v) is 3.59. The molecule has 1 aromatic carbocycles. The van der Waals surface area contributed by atoms with E-state index in [0.29, 0.717) is 0 Å². The van der Waals surface area contributed by atoms with Crippen molar-refractivity contribution in [2.75, 3.05) is 6.54 Å². The first-order valence-corrected chi connectivity index (χ1v) is 7.02. The van der Waals surface area contributed by atoms with E-state index < -0.39 is 0 Å². The van der Waals surface area contributed by atoms with Crippen LogP contribution in [0.2, 0.25) is 0 Å². The molecule has 2 heterocycles. The summed E-state index contributed by atoms with van der Waals surface area (Å²) in [6, 6.07) is 15.0. The topological polar surface area (TPSA) is 29.3 Å². The highest BCUT2D eigenvalue weighted by Gasteiger charge is 2.17. The summed E-state index contributed by atoms with van der Waals surface area (Å²) in [5.74, 6) is 0. The first-order chi connectivity index (χ1) is 9.79. The largest absolute Gasteiger partial charge is 0.306 e. The fraction of sp³-hybridized carbons (Fsp3) is 0.235. The Balaban J connectivity index is 2.08. The number of nitrogens with one attached hydrogen (secondary N) is 1. The third-order valence-electron chi connectivity index (χ3n) is 3.59. The van der Waals surface area contributed by atoms with Crippen LogP contribution in [0.4, 0.5) is 0 Å². The highest BCUT2D eigenvalue weighted by Crippen LogP contribution is 2.25. The van der Waals surface area contributed by atoms with E-state index >= 15 is 0 Å². The van der Waals surface area contributed by atoms with Gasteiger partial charge in [-0.15, -0.1) is 0 Å². The Bertz CT molecular complexity index is 698. The number of aromatic nitrogens is 2. The van der Waals surface area contributed by atoms with Crippen molar-refractivity contribution in [2.45, 2.75) is 19.9 Å². The van der Waals surface area contributed by atoms with Crippen molar-refractivity contribution >= 4 is 5.52 Å². The first kappa shape index (κ1) is 12.9. The molecule has 1 unspecified atom stereocenters. The van der Waals surface area contributed by atoms with Crippen LogP contribution >= 0.6 is 0 Å². The van der Waals surface area contributed by atoms with Crippen LogP contribution in [0.15, 0.2) is 54.9 Å². The average molecular weight is 265 g/mol. The molecule has 0 aliphatic carbocycles. The Morgan fingerprint density at radius 3 is 2.70 bits per heavy atom. The molecule has 0 amide bonds. The lowest BCUT2D eigenvalue weighted by molar-refractivity contribution is 0.634. The molecule has 0 fully saturated rings. The van der Waals surface area contributed by atoms with Crippen molar-refractivity contribution in [3.05, 3.63) is 71.5 Å². The molecule has 0 saturated carbocycles. The fourth-order valence-electron chi connectivity index (χ4n) is 2.55. The van der Waals surface area contributed by atoms with Gasteiger partial charge in [0, 0.05) is 11.8 Å². The molecule has 1 atom stereocenters. The van der Waals surface area contributed by atoms with Crippen LogP contribution in [0.1, 0.15) is 29.7 Å². The van der Waals surface area contributed by atoms with Crippen molar-refractivity contribution in [1.82, 2.24) is 14.9 Å². The van der Waals surface area contributed by atoms with Crippen molar-refractivity contribution in [1.29, 1.82) is 0 Å². The van der Waals surface area contributed by atoms with Crippen LogP contribution in [0, 0.1) is 6.92 Å². The Morgan fingerprint density at radius 1 is 1.15 bits per heavy atom. The Hall–Kier alpha value is -2.13. The monoisotopic (exact) mass is 265 g/mol. The molecule has 0 aliphatic heterocycles. The van der Waals surface area contributed by atoms with E-state index in [9.17, 15) is 0 Å². The van der Waals surface area contributed by atoms with E-state index in [0.717, 1.165) is 12.1 Å². The van der Waals surface area contributed by atoms with Gasteiger partial charge in [-0.2, -0.15) is 5.10 Å². The summed E-state index contributed by atoms with van der Waals surface area (Å²) in [5.41, 5.74) is 4.93. The average Bonchev–Trinajstić information content (AvgIpc) is 2.90. The summed E-state index contributed by atoms with van der Waals surface area (Å²) in [6.45, 7) is 5.16. The minimum atomic E-state index is 0.181. The molecule has 3 rings (SSSR count). The number of hydrogen-bond acceptors (Lipinski definition) is 2. The molecule has 0 saturated heterocycles. The van der Waals surface area contributed by atoms with Crippen molar-refractivity contribution in [3.63, 3.8) is 0 Å². The van der Waals surface area contributed by atoms with Gasteiger partial charge in [0.15, 0.2) is 0 Å². The maximum atomic E-state index is 4.44. The van der Waals surface area contributed by atoms with Gasteiger partial charge < -0.3 is 5.32 Å². The SMILES string of the molecule is CCNC(c1ccc(C)cc1)c1cnn2ccccc12.